The Morgan fingerprint density at radius 1 is 1.23 bits per heavy atom. The Hall–Kier alpha value is -2.05. The smallest absolute Gasteiger partial charge is 0.231 e. The number of aryl methyl sites for hydroxylation is 1. The van der Waals surface area contributed by atoms with Gasteiger partial charge in [-0.15, -0.1) is 11.3 Å². The number of ether oxygens (including phenoxy) is 2. The van der Waals surface area contributed by atoms with Crippen LogP contribution in [0.3, 0.4) is 0 Å². The van der Waals surface area contributed by atoms with Crippen LogP contribution >= 0.6 is 22.9 Å². The summed E-state index contributed by atoms with van der Waals surface area (Å²) in [7, 11) is 0. The van der Waals surface area contributed by atoms with Crippen LogP contribution in [0.15, 0.2) is 24.3 Å². The second-order valence-electron chi connectivity index (χ2n) is 4.96. The molecular weight excluding hydrogens is 322 g/mol. The Balaban J connectivity index is 1.61. The zero-order valence-corrected chi connectivity index (χ0v) is 13.3. The molecule has 0 fully saturated rings. The molecule has 3 heterocycles. The first-order valence-electron chi connectivity index (χ1n) is 6.75. The van der Waals surface area contributed by atoms with Crippen LogP contribution in [-0.4, -0.2) is 16.8 Å². The highest BCUT2D eigenvalue weighted by molar-refractivity contribution is 7.18. The third kappa shape index (κ3) is 2.44. The zero-order valence-electron chi connectivity index (χ0n) is 11.7. The van der Waals surface area contributed by atoms with Crippen LogP contribution in [0.2, 0.25) is 5.28 Å². The number of benzene rings is 1. The minimum absolute atomic E-state index is 0.252. The summed E-state index contributed by atoms with van der Waals surface area (Å²) in [6.07, 6.45) is 0. The molecule has 0 amide bonds. The van der Waals surface area contributed by atoms with Crippen molar-refractivity contribution in [2.24, 2.45) is 0 Å². The summed E-state index contributed by atoms with van der Waals surface area (Å²) in [5, 5.41) is 4.57. The van der Waals surface area contributed by atoms with Crippen molar-refractivity contribution < 1.29 is 9.47 Å². The maximum Gasteiger partial charge on any atom is 0.231 e. The van der Waals surface area contributed by atoms with Gasteiger partial charge < -0.3 is 14.8 Å². The molecule has 3 aromatic rings. The summed E-state index contributed by atoms with van der Waals surface area (Å²) in [6, 6.07) is 7.95. The molecule has 1 aliphatic heterocycles. The Morgan fingerprint density at radius 2 is 2.09 bits per heavy atom. The molecule has 7 heteroatoms. The van der Waals surface area contributed by atoms with Crippen molar-refractivity contribution >= 4 is 39.0 Å². The summed E-state index contributed by atoms with van der Waals surface area (Å²) in [5.74, 6) is 2.30. The molecule has 22 heavy (non-hydrogen) atoms. The third-order valence-electron chi connectivity index (χ3n) is 3.39. The molecule has 1 N–H and O–H groups in total. The first-order valence-corrected chi connectivity index (χ1v) is 7.94. The number of hydrogen-bond acceptors (Lipinski definition) is 6. The van der Waals surface area contributed by atoms with Crippen molar-refractivity contribution in [3.8, 4) is 11.5 Å². The molecular formula is C15H12ClN3O2S. The van der Waals surface area contributed by atoms with Crippen LogP contribution in [0.1, 0.15) is 10.4 Å². The van der Waals surface area contributed by atoms with Gasteiger partial charge in [0.2, 0.25) is 12.1 Å². The summed E-state index contributed by atoms with van der Waals surface area (Å²) in [6.45, 7) is 2.94. The molecule has 0 saturated heterocycles. The lowest BCUT2D eigenvalue weighted by Gasteiger charge is -2.08. The molecule has 0 unspecified atom stereocenters. The van der Waals surface area contributed by atoms with E-state index in [1.54, 1.807) is 11.3 Å². The number of nitrogens with zero attached hydrogens (tertiary/aromatic N) is 2. The molecule has 1 aromatic carbocycles. The maximum absolute atomic E-state index is 6.00. The van der Waals surface area contributed by atoms with E-state index in [1.165, 1.54) is 4.88 Å². The van der Waals surface area contributed by atoms with Crippen LogP contribution in [0.4, 0.5) is 5.82 Å². The van der Waals surface area contributed by atoms with E-state index >= 15 is 0 Å². The van der Waals surface area contributed by atoms with Gasteiger partial charge >= 0.3 is 0 Å². The minimum Gasteiger partial charge on any atom is -0.454 e. The van der Waals surface area contributed by atoms with E-state index in [9.17, 15) is 0 Å². The zero-order chi connectivity index (χ0) is 15.1. The first kappa shape index (κ1) is 13.6. The van der Waals surface area contributed by atoms with Gasteiger partial charge in [-0.2, -0.15) is 0 Å². The molecule has 0 saturated carbocycles. The average Bonchev–Trinajstić information content (AvgIpc) is 3.09. The molecule has 0 aliphatic carbocycles. The summed E-state index contributed by atoms with van der Waals surface area (Å²) in [4.78, 5) is 10.6. The van der Waals surface area contributed by atoms with Gasteiger partial charge in [0.25, 0.3) is 0 Å². The number of nitrogens with one attached hydrogen (secondary N) is 1. The van der Waals surface area contributed by atoms with Crippen LogP contribution in [0.25, 0.3) is 10.2 Å². The SMILES string of the molecule is Cc1cc2c(NCc3ccc4c(c3)OCO4)nc(Cl)nc2s1. The fraction of sp³-hybridized carbons (Fsp3) is 0.200. The average molecular weight is 334 g/mol. The predicted octanol–water partition coefficient (Wildman–Crippen LogP) is 3.99. The van der Waals surface area contributed by atoms with Crippen LogP contribution in [0.5, 0.6) is 11.5 Å². The highest BCUT2D eigenvalue weighted by atomic mass is 35.5. The fourth-order valence-electron chi connectivity index (χ4n) is 2.39. The summed E-state index contributed by atoms with van der Waals surface area (Å²) in [5.41, 5.74) is 1.08. The lowest BCUT2D eigenvalue weighted by Crippen LogP contribution is -2.02. The molecule has 4 rings (SSSR count). The minimum atomic E-state index is 0.252. The van der Waals surface area contributed by atoms with Gasteiger partial charge in [0, 0.05) is 11.4 Å². The van der Waals surface area contributed by atoms with Crippen molar-refractivity contribution in [1.29, 1.82) is 0 Å². The molecule has 112 valence electrons. The van der Waals surface area contributed by atoms with E-state index in [2.05, 4.69) is 21.4 Å². The van der Waals surface area contributed by atoms with E-state index in [0.29, 0.717) is 6.54 Å². The highest BCUT2D eigenvalue weighted by Gasteiger charge is 2.14. The molecule has 0 radical (unpaired) electrons. The molecule has 0 spiro atoms. The van der Waals surface area contributed by atoms with E-state index < -0.39 is 0 Å². The van der Waals surface area contributed by atoms with E-state index in [1.807, 2.05) is 25.1 Å². The van der Waals surface area contributed by atoms with Crippen LogP contribution < -0.4 is 14.8 Å². The normalized spacial score (nSPS) is 12.8. The van der Waals surface area contributed by atoms with Crippen molar-refractivity contribution in [1.82, 2.24) is 9.97 Å². The molecule has 0 atom stereocenters. The predicted molar refractivity (Wildman–Crippen MR) is 87.1 cm³/mol. The number of anilines is 1. The number of hydrogen-bond donors (Lipinski definition) is 1. The van der Waals surface area contributed by atoms with E-state index in [4.69, 9.17) is 21.1 Å². The lowest BCUT2D eigenvalue weighted by molar-refractivity contribution is 0.174. The quantitative estimate of drug-likeness (QED) is 0.734. The Morgan fingerprint density at radius 3 is 3.00 bits per heavy atom. The van der Waals surface area contributed by atoms with E-state index in [-0.39, 0.29) is 12.1 Å². The lowest BCUT2D eigenvalue weighted by atomic mass is 10.2. The molecule has 1 aliphatic rings. The second-order valence-corrected chi connectivity index (χ2v) is 6.53. The standard InChI is InChI=1S/C15H12ClN3O2S/c1-8-4-10-13(18-15(16)19-14(10)22-8)17-6-9-2-3-11-12(5-9)21-7-20-11/h2-5H,6-7H2,1H3,(H,17,18,19). The van der Waals surface area contributed by atoms with Crippen LogP contribution in [-0.2, 0) is 6.54 Å². The topological polar surface area (TPSA) is 56.3 Å². The van der Waals surface area contributed by atoms with Crippen LogP contribution in [0, 0.1) is 6.92 Å². The van der Waals surface area contributed by atoms with Crippen molar-refractivity contribution in [3.63, 3.8) is 0 Å². The van der Waals surface area contributed by atoms with Crippen molar-refractivity contribution in [2.45, 2.75) is 13.5 Å². The Kier molecular flexibility index (Phi) is 3.28. The van der Waals surface area contributed by atoms with Gasteiger partial charge in [-0.25, -0.2) is 9.97 Å². The van der Waals surface area contributed by atoms with Crippen molar-refractivity contribution in [3.05, 3.63) is 40.0 Å². The Labute approximate surface area is 135 Å². The van der Waals surface area contributed by atoms with Crippen molar-refractivity contribution in [2.75, 3.05) is 12.1 Å². The first-order chi connectivity index (χ1) is 10.7. The molecule has 5 nitrogen and oxygen atoms in total. The third-order valence-corrected chi connectivity index (χ3v) is 4.50. The van der Waals surface area contributed by atoms with Gasteiger partial charge in [0.05, 0.1) is 5.39 Å². The largest absolute Gasteiger partial charge is 0.454 e. The fourth-order valence-corrected chi connectivity index (χ4v) is 3.49. The van der Waals surface area contributed by atoms with Gasteiger partial charge in [0.15, 0.2) is 11.5 Å². The Bertz CT molecular complexity index is 865. The molecule has 0 bridgehead atoms. The second kappa shape index (κ2) is 5.30. The van der Waals surface area contributed by atoms with Gasteiger partial charge in [-0.3, -0.25) is 0 Å². The van der Waals surface area contributed by atoms with Gasteiger partial charge in [-0.1, -0.05) is 6.07 Å². The van der Waals surface area contributed by atoms with Gasteiger partial charge in [0.1, 0.15) is 10.6 Å². The maximum atomic E-state index is 6.00. The van der Waals surface area contributed by atoms with E-state index in [0.717, 1.165) is 33.1 Å². The summed E-state index contributed by atoms with van der Waals surface area (Å²) >= 11 is 7.61. The monoisotopic (exact) mass is 333 g/mol. The number of rotatable bonds is 3. The number of fused-ring (bicyclic) bond motifs is 2. The summed E-state index contributed by atoms with van der Waals surface area (Å²) < 4.78 is 10.7. The van der Waals surface area contributed by atoms with Gasteiger partial charge in [-0.05, 0) is 42.3 Å². The molecule has 2 aromatic heterocycles. The number of aromatic nitrogens is 2. The number of thiophene rings is 1. The number of halogens is 1. The highest BCUT2D eigenvalue weighted by Crippen LogP contribution is 2.33.